The van der Waals surface area contributed by atoms with Crippen LogP contribution in [0.4, 0.5) is 0 Å². The van der Waals surface area contributed by atoms with Crippen LogP contribution in [0.3, 0.4) is 0 Å². The van der Waals surface area contributed by atoms with Gasteiger partial charge in [-0.1, -0.05) is 25.5 Å². The molecule has 19 heavy (non-hydrogen) atoms. The fourth-order valence-corrected chi connectivity index (χ4v) is 2.55. The van der Waals surface area contributed by atoms with Crippen LogP contribution in [0.1, 0.15) is 26.7 Å². The lowest BCUT2D eigenvalue weighted by molar-refractivity contribution is -0.0567. The van der Waals surface area contributed by atoms with E-state index in [0.29, 0.717) is 12.0 Å². The van der Waals surface area contributed by atoms with Gasteiger partial charge in [-0.2, -0.15) is 0 Å². The van der Waals surface area contributed by atoms with Crippen molar-refractivity contribution in [1.29, 1.82) is 0 Å². The highest BCUT2D eigenvalue weighted by Crippen LogP contribution is 2.25. The molecule has 0 bridgehead atoms. The van der Waals surface area contributed by atoms with Crippen LogP contribution >= 0.6 is 0 Å². The SMILES string of the molecule is CC(C)C1=CC=C(N(C)CCN(C)C2COC2)CC1. The van der Waals surface area contributed by atoms with Gasteiger partial charge in [-0.05, 0) is 31.9 Å². The molecule has 0 saturated carbocycles. The second-order valence-corrected chi connectivity index (χ2v) is 6.15. The molecule has 0 atom stereocenters. The van der Waals surface area contributed by atoms with Crippen LogP contribution in [-0.2, 0) is 4.74 Å². The fourth-order valence-electron chi connectivity index (χ4n) is 2.55. The molecule has 0 unspecified atom stereocenters. The molecule has 0 N–H and O–H groups in total. The maximum atomic E-state index is 5.24. The molecule has 0 aromatic carbocycles. The molecule has 0 radical (unpaired) electrons. The number of hydrogen-bond acceptors (Lipinski definition) is 3. The average Bonchev–Trinajstić information content (AvgIpc) is 2.34. The van der Waals surface area contributed by atoms with Gasteiger partial charge in [0, 0.05) is 25.8 Å². The quantitative estimate of drug-likeness (QED) is 0.733. The summed E-state index contributed by atoms with van der Waals surface area (Å²) < 4.78 is 5.24. The van der Waals surface area contributed by atoms with E-state index in [2.05, 4.69) is 49.9 Å². The lowest BCUT2D eigenvalue weighted by atomic mass is 9.93. The van der Waals surface area contributed by atoms with Crippen molar-refractivity contribution in [2.45, 2.75) is 32.7 Å². The molecule has 3 nitrogen and oxygen atoms in total. The predicted molar refractivity (Wildman–Crippen MR) is 80.1 cm³/mol. The second kappa shape index (κ2) is 6.58. The van der Waals surface area contributed by atoms with Gasteiger partial charge in [0.1, 0.15) is 0 Å². The average molecular weight is 264 g/mol. The molecule has 1 fully saturated rings. The Labute approximate surface area is 117 Å². The molecule has 0 aromatic heterocycles. The minimum absolute atomic E-state index is 0.640. The first-order valence-corrected chi connectivity index (χ1v) is 7.46. The van der Waals surface area contributed by atoms with Crippen molar-refractivity contribution < 1.29 is 4.74 Å². The predicted octanol–water partition coefficient (Wildman–Crippen LogP) is 2.51. The number of likely N-dealkylation sites (N-methyl/N-ethyl adjacent to an activating group) is 2. The summed E-state index contributed by atoms with van der Waals surface area (Å²) in [4.78, 5) is 4.82. The largest absolute Gasteiger partial charge is 0.378 e. The van der Waals surface area contributed by atoms with Crippen LogP contribution < -0.4 is 0 Å². The third-order valence-electron chi connectivity index (χ3n) is 4.42. The molecule has 1 heterocycles. The van der Waals surface area contributed by atoms with Gasteiger partial charge in [-0.25, -0.2) is 0 Å². The summed E-state index contributed by atoms with van der Waals surface area (Å²) in [6, 6.07) is 0.640. The third kappa shape index (κ3) is 3.83. The van der Waals surface area contributed by atoms with E-state index in [0.717, 1.165) is 26.3 Å². The fraction of sp³-hybridized carbons (Fsp3) is 0.750. The minimum Gasteiger partial charge on any atom is -0.378 e. The topological polar surface area (TPSA) is 15.7 Å². The maximum Gasteiger partial charge on any atom is 0.0645 e. The van der Waals surface area contributed by atoms with E-state index >= 15 is 0 Å². The number of allylic oxidation sites excluding steroid dienone is 4. The van der Waals surface area contributed by atoms with Crippen molar-refractivity contribution in [2.24, 2.45) is 5.92 Å². The molecule has 3 heteroatoms. The van der Waals surface area contributed by atoms with Crippen LogP contribution in [0.2, 0.25) is 0 Å². The smallest absolute Gasteiger partial charge is 0.0645 e. The summed E-state index contributed by atoms with van der Waals surface area (Å²) in [6.45, 7) is 8.59. The normalized spacial score (nSPS) is 20.3. The van der Waals surface area contributed by atoms with Crippen molar-refractivity contribution >= 4 is 0 Å². The Morgan fingerprint density at radius 1 is 1.16 bits per heavy atom. The van der Waals surface area contributed by atoms with Gasteiger partial charge in [0.25, 0.3) is 0 Å². The number of hydrogen-bond donors (Lipinski definition) is 0. The third-order valence-corrected chi connectivity index (χ3v) is 4.42. The standard InChI is InChI=1S/C16H28N2O/c1-13(2)14-5-7-15(8-6-14)17(3)9-10-18(4)16-11-19-12-16/h5,7,13,16H,6,8-12H2,1-4H3. The zero-order chi connectivity index (χ0) is 13.8. The lowest BCUT2D eigenvalue weighted by Crippen LogP contribution is -2.48. The molecule has 0 spiro atoms. The second-order valence-electron chi connectivity index (χ2n) is 6.15. The van der Waals surface area contributed by atoms with Crippen LogP contribution in [0.15, 0.2) is 23.4 Å². The highest BCUT2D eigenvalue weighted by atomic mass is 16.5. The van der Waals surface area contributed by atoms with E-state index in [1.165, 1.54) is 18.5 Å². The van der Waals surface area contributed by atoms with Crippen molar-refractivity contribution in [3.05, 3.63) is 23.4 Å². The van der Waals surface area contributed by atoms with Crippen LogP contribution in [-0.4, -0.2) is 56.2 Å². The Bertz CT molecular complexity index is 356. The summed E-state index contributed by atoms with van der Waals surface area (Å²) in [5, 5.41) is 0. The number of nitrogens with zero attached hydrogens (tertiary/aromatic N) is 2. The molecular weight excluding hydrogens is 236 g/mol. The van der Waals surface area contributed by atoms with E-state index in [-0.39, 0.29) is 0 Å². The molecule has 1 aliphatic carbocycles. The van der Waals surface area contributed by atoms with Gasteiger partial charge in [0.2, 0.25) is 0 Å². The van der Waals surface area contributed by atoms with Gasteiger partial charge in [0.05, 0.1) is 19.3 Å². The Kier molecular flexibility index (Phi) is 5.06. The number of ether oxygens (including phenoxy) is 1. The van der Waals surface area contributed by atoms with E-state index < -0.39 is 0 Å². The van der Waals surface area contributed by atoms with E-state index in [1.807, 2.05) is 0 Å². The molecule has 1 saturated heterocycles. The number of rotatable bonds is 6. The molecule has 2 rings (SSSR count). The van der Waals surface area contributed by atoms with E-state index in [9.17, 15) is 0 Å². The Hall–Kier alpha value is -0.800. The van der Waals surface area contributed by atoms with Crippen LogP contribution in [0.5, 0.6) is 0 Å². The zero-order valence-electron chi connectivity index (χ0n) is 12.9. The molecule has 1 aliphatic heterocycles. The van der Waals surface area contributed by atoms with Gasteiger partial charge in [-0.3, -0.25) is 4.90 Å². The first-order chi connectivity index (χ1) is 9.08. The van der Waals surface area contributed by atoms with Gasteiger partial charge >= 0.3 is 0 Å². The van der Waals surface area contributed by atoms with Crippen LogP contribution in [0.25, 0.3) is 0 Å². The van der Waals surface area contributed by atoms with Gasteiger partial charge in [-0.15, -0.1) is 0 Å². The van der Waals surface area contributed by atoms with E-state index in [4.69, 9.17) is 4.74 Å². The van der Waals surface area contributed by atoms with Crippen LogP contribution in [0, 0.1) is 5.92 Å². The highest BCUT2D eigenvalue weighted by Gasteiger charge is 2.23. The van der Waals surface area contributed by atoms with Crippen molar-refractivity contribution in [3.63, 3.8) is 0 Å². The maximum absolute atomic E-state index is 5.24. The summed E-state index contributed by atoms with van der Waals surface area (Å²) in [6.07, 6.45) is 7.05. The summed E-state index contributed by atoms with van der Waals surface area (Å²) in [5.41, 5.74) is 3.06. The van der Waals surface area contributed by atoms with Gasteiger partial charge < -0.3 is 9.64 Å². The highest BCUT2D eigenvalue weighted by molar-refractivity contribution is 5.24. The van der Waals surface area contributed by atoms with E-state index in [1.54, 1.807) is 5.57 Å². The molecule has 0 amide bonds. The Balaban J connectivity index is 1.78. The minimum atomic E-state index is 0.640. The van der Waals surface area contributed by atoms with Gasteiger partial charge in [0.15, 0.2) is 0 Å². The zero-order valence-corrected chi connectivity index (χ0v) is 12.9. The monoisotopic (exact) mass is 264 g/mol. The summed E-state index contributed by atoms with van der Waals surface area (Å²) >= 11 is 0. The molecule has 0 aromatic rings. The first kappa shape index (κ1) is 14.6. The molecule has 2 aliphatic rings. The first-order valence-electron chi connectivity index (χ1n) is 7.46. The van der Waals surface area contributed by atoms with Crippen molar-refractivity contribution in [1.82, 2.24) is 9.80 Å². The lowest BCUT2D eigenvalue weighted by Gasteiger charge is -2.36. The Morgan fingerprint density at radius 3 is 2.37 bits per heavy atom. The van der Waals surface area contributed by atoms with Crippen molar-refractivity contribution in [3.8, 4) is 0 Å². The summed E-state index contributed by atoms with van der Waals surface area (Å²) in [5.74, 6) is 0.688. The molecule has 108 valence electrons. The summed E-state index contributed by atoms with van der Waals surface area (Å²) in [7, 11) is 4.41. The molecular formula is C16H28N2O. The van der Waals surface area contributed by atoms with Crippen molar-refractivity contribution in [2.75, 3.05) is 40.4 Å². The Morgan fingerprint density at radius 2 is 1.89 bits per heavy atom.